The summed E-state index contributed by atoms with van der Waals surface area (Å²) in [5, 5.41) is 3.35. The normalized spacial score (nSPS) is 30.8. The molecule has 2 saturated heterocycles. The zero-order valence-electron chi connectivity index (χ0n) is 10.1. The highest BCUT2D eigenvalue weighted by molar-refractivity contribution is 5.61. The summed E-state index contributed by atoms with van der Waals surface area (Å²) in [7, 11) is 0. The summed E-state index contributed by atoms with van der Waals surface area (Å²) < 4.78 is 5.83. The van der Waals surface area contributed by atoms with Crippen LogP contribution in [-0.4, -0.2) is 23.7 Å². The van der Waals surface area contributed by atoms with Crippen LogP contribution < -0.4 is 11.1 Å². The topological polar surface area (TPSA) is 60.2 Å². The molecule has 17 heavy (non-hydrogen) atoms. The molecule has 3 heterocycles. The van der Waals surface area contributed by atoms with E-state index in [2.05, 4.69) is 10.3 Å². The molecule has 0 saturated carbocycles. The minimum atomic E-state index is 0.458. The standard InChI is InChI=1S/C13H19N3O/c1-8-4-11(14)13(15-6-8)16-7-9-5-10-2-3-12(9)17-10/h4,6,9-10,12H,2-3,5,7,14H2,1H3,(H,15,16). The van der Waals surface area contributed by atoms with Crippen molar-refractivity contribution in [1.29, 1.82) is 0 Å². The Kier molecular flexibility index (Phi) is 2.67. The summed E-state index contributed by atoms with van der Waals surface area (Å²) in [5.41, 5.74) is 7.75. The first-order valence-electron chi connectivity index (χ1n) is 6.34. The van der Waals surface area contributed by atoms with Gasteiger partial charge in [0.15, 0.2) is 0 Å². The Hall–Kier alpha value is -1.29. The number of aryl methyl sites for hydroxylation is 1. The number of anilines is 2. The molecule has 3 unspecified atom stereocenters. The van der Waals surface area contributed by atoms with E-state index in [1.165, 1.54) is 19.3 Å². The first-order valence-corrected chi connectivity index (χ1v) is 6.34. The van der Waals surface area contributed by atoms with Crippen LogP contribution in [0.5, 0.6) is 0 Å². The Morgan fingerprint density at radius 2 is 2.41 bits per heavy atom. The number of aromatic nitrogens is 1. The van der Waals surface area contributed by atoms with Gasteiger partial charge in [0.05, 0.1) is 17.9 Å². The number of nitrogens with zero attached hydrogens (tertiary/aromatic N) is 1. The molecule has 2 fully saturated rings. The third kappa shape index (κ3) is 2.09. The van der Waals surface area contributed by atoms with Crippen LogP contribution in [0.3, 0.4) is 0 Å². The van der Waals surface area contributed by atoms with E-state index in [-0.39, 0.29) is 0 Å². The van der Waals surface area contributed by atoms with Crippen LogP contribution in [0.4, 0.5) is 11.5 Å². The van der Waals surface area contributed by atoms with Crippen molar-refractivity contribution in [3.05, 3.63) is 17.8 Å². The molecule has 2 aliphatic heterocycles. The van der Waals surface area contributed by atoms with Gasteiger partial charge in [-0.1, -0.05) is 0 Å². The van der Waals surface area contributed by atoms with E-state index in [0.29, 0.717) is 18.1 Å². The van der Waals surface area contributed by atoms with Gasteiger partial charge in [-0.3, -0.25) is 0 Å². The summed E-state index contributed by atoms with van der Waals surface area (Å²) in [6.45, 7) is 2.92. The molecule has 92 valence electrons. The van der Waals surface area contributed by atoms with Gasteiger partial charge in [0.1, 0.15) is 5.82 Å². The number of fused-ring (bicyclic) bond motifs is 2. The van der Waals surface area contributed by atoms with Crippen LogP contribution in [-0.2, 0) is 4.74 Å². The molecular weight excluding hydrogens is 214 g/mol. The average molecular weight is 233 g/mol. The largest absolute Gasteiger partial charge is 0.396 e. The van der Waals surface area contributed by atoms with E-state index in [1.807, 2.05) is 19.2 Å². The van der Waals surface area contributed by atoms with Crippen LogP contribution in [0.15, 0.2) is 12.3 Å². The monoisotopic (exact) mass is 233 g/mol. The second-order valence-corrected chi connectivity index (χ2v) is 5.20. The highest BCUT2D eigenvalue weighted by Gasteiger charge is 2.40. The van der Waals surface area contributed by atoms with Gasteiger partial charge < -0.3 is 15.8 Å². The fourth-order valence-electron chi connectivity index (χ4n) is 2.93. The van der Waals surface area contributed by atoms with E-state index in [9.17, 15) is 0 Å². The number of hydrogen-bond acceptors (Lipinski definition) is 4. The van der Waals surface area contributed by atoms with E-state index in [1.54, 1.807) is 0 Å². The van der Waals surface area contributed by atoms with E-state index >= 15 is 0 Å². The molecule has 4 heteroatoms. The maximum atomic E-state index is 5.93. The lowest BCUT2D eigenvalue weighted by Gasteiger charge is -2.19. The molecule has 1 aromatic heterocycles. The van der Waals surface area contributed by atoms with Crippen molar-refractivity contribution in [3.8, 4) is 0 Å². The molecule has 4 nitrogen and oxygen atoms in total. The summed E-state index contributed by atoms with van der Waals surface area (Å²) in [6, 6.07) is 1.95. The molecule has 0 spiro atoms. The van der Waals surface area contributed by atoms with Crippen molar-refractivity contribution in [3.63, 3.8) is 0 Å². The Balaban J connectivity index is 1.60. The van der Waals surface area contributed by atoms with Gasteiger partial charge in [0.25, 0.3) is 0 Å². The number of nitrogens with one attached hydrogen (secondary N) is 1. The number of rotatable bonds is 3. The van der Waals surface area contributed by atoms with Crippen LogP contribution in [0.1, 0.15) is 24.8 Å². The fourth-order valence-corrected chi connectivity index (χ4v) is 2.93. The maximum Gasteiger partial charge on any atom is 0.149 e. The highest BCUT2D eigenvalue weighted by Crippen LogP contribution is 2.38. The molecule has 1 aromatic rings. The third-order valence-corrected chi connectivity index (χ3v) is 3.82. The van der Waals surface area contributed by atoms with Gasteiger partial charge in [-0.15, -0.1) is 0 Å². The Bertz CT molecular complexity index is 421. The van der Waals surface area contributed by atoms with Crippen molar-refractivity contribution in [2.24, 2.45) is 5.92 Å². The lowest BCUT2D eigenvalue weighted by atomic mass is 9.89. The molecule has 3 N–H and O–H groups in total. The molecule has 2 bridgehead atoms. The zero-order valence-corrected chi connectivity index (χ0v) is 10.1. The predicted molar refractivity (Wildman–Crippen MR) is 67.9 cm³/mol. The lowest BCUT2D eigenvalue weighted by molar-refractivity contribution is 0.0941. The Morgan fingerprint density at radius 3 is 3.06 bits per heavy atom. The van der Waals surface area contributed by atoms with Gasteiger partial charge in [-0.2, -0.15) is 0 Å². The molecule has 3 atom stereocenters. The van der Waals surface area contributed by atoms with Gasteiger partial charge in [-0.25, -0.2) is 4.98 Å². The van der Waals surface area contributed by atoms with Crippen LogP contribution in [0, 0.1) is 12.8 Å². The Labute approximate surface area is 102 Å². The number of ether oxygens (including phenoxy) is 1. The van der Waals surface area contributed by atoms with Crippen molar-refractivity contribution < 1.29 is 4.74 Å². The van der Waals surface area contributed by atoms with Gasteiger partial charge in [-0.05, 0) is 37.8 Å². The number of nitrogens with two attached hydrogens (primary N) is 1. The maximum absolute atomic E-state index is 5.93. The van der Waals surface area contributed by atoms with Crippen LogP contribution >= 0.6 is 0 Å². The van der Waals surface area contributed by atoms with Gasteiger partial charge in [0.2, 0.25) is 0 Å². The molecule has 0 radical (unpaired) electrons. The van der Waals surface area contributed by atoms with Gasteiger partial charge in [0, 0.05) is 18.7 Å². The second-order valence-electron chi connectivity index (χ2n) is 5.20. The van der Waals surface area contributed by atoms with Gasteiger partial charge >= 0.3 is 0 Å². The van der Waals surface area contributed by atoms with Crippen molar-refractivity contribution >= 4 is 11.5 Å². The summed E-state index contributed by atoms with van der Waals surface area (Å²) >= 11 is 0. The van der Waals surface area contributed by atoms with E-state index in [0.717, 1.165) is 23.6 Å². The average Bonchev–Trinajstić information content (AvgIpc) is 2.89. The number of pyridine rings is 1. The van der Waals surface area contributed by atoms with Crippen LogP contribution in [0.25, 0.3) is 0 Å². The summed E-state index contributed by atoms with van der Waals surface area (Å²) in [6.07, 6.45) is 6.45. The van der Waals surface area contributed by atoms with Crippen molar-refractivity contribution in [2.75, 3.05) is 17.6 Å². The molecule has 2 aliphatic rings. The molecule has 3 rings (SSSR count). The van der Waals surface area contributed by atoms with Crippen molar-refractivity contribution in [2.45, 2.75) is 38.4 Å². The van der Waals surface area contributed by atoms with Crippen LogP contribution in [0.2, 0.25) is 0 Å². The minimum absolute atomic E-state index is 0.458. The second kappa shape index (κ2) is 4.18. The first-order chi connectivity index (χ1) is 8.22. The summed E-state index contributed by atoms with van der Waals surface area (Å²) in [5.74, 6) is 1.43. The van der Waals surface area contributed by atoms with E-state index in [4.69, 9.17) is 10.5 Å². The Morgan fingerprint density at radius 1 is 1.53 bits per heavy atom. The van der Waals surface area contributed by atoms with Crippen molar-refractivity contribution in [1.82, 2.24) is 4.98 Å². The first kappa shape index (κ1) is 10.8. The highest BCUT2D eigenvalue weighted by atomic mass is 16.5. The van der Waals surface area contributed by atoms with E-state index < -0.39 is 0 Å². The SMILES string of the molecule is Cc1cnc(NCC2CC3CCC2O3)c(N)c1. The summed E-state index contributed by atoms with van der Waals surface area (Å²) in [4.78, 5) is 4.32. The predicted octanol–water partition coefficient (Wildman–Crippen LogP) is 1.95. The lowest BCUT2D eigenvalue weighted by Crippen LogP contribution is -2.24. The smallest absolute Gasteiger partial charge is 0.149 e. The molecular formula is C13H19N3O. The number of hydrogen-bond donors (Lipinski definition) is 2. The number of nitrogen functional groups attached to an aromatic ring is 1. The fraction of sp³-hybridized carbons (Fsp3) is 0.615. The third-order valence-electron chi connectivity index (χ3n) is 3.82. The zero-order chi connectivity index (χ0) is 11.8. The minimum Gasteiger partial charge on any atom is -0.396 e. The molecule has 0 aliphatic carbocycles. The molecule has 0 aromatic carbocycles. The quantitative estimate of drug-likeness (QED) is 0.837. The molecule has 0 amide bonds.